The number of carbonyl (C=O) groups is 1. The summed E-state index contributed by atoms with van der Waals surface area (Å²) >= 11 is 0. The first kappa shape index (κ1) is 13.8. The molecule has 96 valence electrons. The van der Waals surface area contributed by atoms with Gasteiger partial charge in [0.05, 0.1) is 12.5 Å². The molecule has 1 aromatic rings. The molecule has 5 nitrogen and oxygen atoms in total. The van der Waals surface area contributed by atoms with Crippen LogP contribution in [0.5, 0.6) is 0 Å². The van der Waals surface area contributed by atoms with Crippen LogP contribution in [-0.2, 0) is 22.5 Å². The molecule has 1 rings (SSSR count). The standard InChI is InChI=1S/C12H21N3O2/c1-9(2)7-15-12(13-8-14-15)6-11(16)5-10(3)17-4/h8-10H,5-7H2,1-4H3. The Morgan fingerprint density at radius 2 is 2.18 bits per heavy atom. The maximum atomic E-state index is 11.8. The van der Waals surface area contributed by atoms with E-state index in [-0.39, 0.29) is 11.9 Å². The SMILES string of the molecule is COC(C)CC(=O)Cc1ncnn1CC(C)C. The van der Waals surface area contributed by atoms with Crippen molar-refractivity contribution >= 4 is 5.78 Å². The number of ketones is 1. The van der Waals surface area contributed by atoms with E-state index in [9.17, 15) is 4.79 Å². The molecular weight excluding hydrogens is 218 g/mol. The van der Waals surface area contributed by atoms with Crippen LogP contribution in [0, 0.1) is 5.92 Å². The van der Waals surface area contributed by atoms with Crippen molar-refractivity contribution < 1.29 is 9.53 Å². The largest absolute Gasteiger partial charge is 0.381 e. The Labute approximate surface area is 102 Å². The molecule has 1 heterocycles. The van der Waals surface area contributed by atoms with Gasteiger partial charge in [0, 0.05) is 20.1 Å². The topological polar surface area (TPSA) is 57.0 Å². The van der Waals surface area contributed by atoms with E-state index in [0.717, 1.165) is 12.4 Å². The van der Waals surface area contributed by atoms with Gasteiger partial charge >= 0.3 is 0 Å². The van der Waals surface area contributed by atoms with Crippen LogP contribution < -0.4 is 0 Å². The Balaban J connectivity index is 2.56. The molecule has 0 aliphatic carbocycles. The summed E-state index contributed by atoms with van der Waals surface area (Å²) in [6.45, 7) is 6.90. The molecule has 0 aliphatic rings. The van der Waals surface area contributed by atoms with Crippen molar-refractivity contribution in [2.24, 2.45) is 5.92 Å². The highest BCUT2D eigenvalue weighted by molar-refractivity contribution is 5.80. The third-order valence-electron chi connectivity index (χ3n) is 2.51. The van der Waals surface area contributed by atoms with Crippen molar-refractivity contribution in [1.29, 1.82) is 0 Å². The maximum absolute atomic E-state index is 11.8. The lowest BCUT2D eigenvalue weighted by atomic mass is 10.1. The van der Waals surface area contributed by atoms with E-state index in [0.29, 0.717) is 18.8 Å². The Hall–Kier alpha value is -1.23. The van der Waals surface area contributed by atoms with E-state index < -0.39 is 0 Å². The summed E-state index contributed by atoms with van der Waals surface area (Å²) in [5.74, 6) is 1.37. The fourth-order valence-corrected chi connectivity index (χ4v) is 1.58. The summed E-state index contributed by atoms with van der Waals surface area (Å²) in [6, 6.07) is 0. The summed E-state index contributed by atoms with van der Waals surface area (Å²) < 4.78 is 6.88. The number of hydrogen-bond donors (Lipinski definition) is 0. The van der Waals surface area contributed by atoms with Gasteiger partial charge in [-0.2, -0.15) is 5.10 Å². The van der Waals surface area contributed by atoms with Gasteiger partial charge in [-0.25, -0.2) is 9.67 Å². The van der Waals surface area contributed by atoms with Gasteiger partial charge in [0.2, 0.25) is 0 Å². The normalized spacial score (nSPS) is 13.0. The maximum Gasteiger partial charge on any atom is 0.143 e. The van der Waals surface area contributed by atoms with Gasteiger partial charge in [0.25, 0.3) is 0 Å². The molecule has 17 heavy (non-hydrogen) atoms. The molecular formula is C12H21N3O2. The summed E-state index contributed by atoms with van der Waals surface area (Å²) in [6.07, 6.45) is 2.22. The second-order valence-corrected chi connectivity index (χ2v) is 4.72. The van der Waals surface area contributed by atoms with Crippen LogP contribution >= 0.6 is 0 Å². The van der Waals surface area contributed by atoms with Gasteiger partial charge in [-0.15, -0.1) is 0 Å². The van der Waals surface area contributed by atoms with Crippen molar-refractivity contribution in [3.8, 4) is 0 Å². The third-order valence-corrected chi connectivity index (χ3v) is 2.51. The first-order valence-electron chi connectivity index (χ1n) is 5.94. The molecule has 1 unspecified atom stereocenters. The van der Waals surface area contributed by atoms with Crippen LogP contribution in [0.15, 0.2) is 6.33 Å². The molecule has 0 aromatic carbocycles. The van der Waals surface area contributed by atoms with Gasteiger partial charge in [-0.1, -0.05) is 13.8 Å². The zero-order valence-corrected chi connectivity index (χ0v) is 11.0. The van der Waals surface area contributed by atoms with Crippen molar-refractivity contribution in [2.75, 3.05) is 7.11 Å². The predicted molar refractivity (Wildman–Crippen MR) is 64.7 cm³/mol. The zero-order valence-electron chi connectivity index (χ0n) is 11.0. The first-order valence-corrected chi connectivity index (χ1v) is 5.94. The fourth-order valence-electron chi connectivity index (χ4n) is 1.58. The number of methoxy groups -OCH3 is 1. The summed E-state index contributed by atoms with van der Waals surface area (Å²) in [4.78, 5) is 15.9. The number of hydrogen-bond acceptors (Lipinski definition) is 4. The molecule has 0 fully saturated rings. The van der Waals surface area contributed by atoms with Gasteiger partial charge in [0.15, 0.2) is 0 Å². The predicted octanol–water partition coefficient (Wildman–Crippen LogP) is 1.47. The van der Waals surface area contributed by atoms with E-state index in [2.05, 4.69) is 23.9 Å². The van der Waals surface area contributed by atoms with Crippen LogP contribution in [0.2, 0.25) is 0 Å². The number of aromatic nitrogens is 3. The molecule has 0 bridgehead atoms. The van der Waals surface area contributed by atoms with Crippen LogP contribution in [-0.4, -0.2) is 33.8 Å². The summed E-state index contributed by atoms with van der Waals surface area (Å²) in [5.41, 5.74) is 0. The lowest BCUT2D eigenvalue weighted by Gasteiger charge is -2.10. The van der Waals surface area contributed by atoms with Gasteiger partial charge in [-0.3, -0.25) is 4.79 Å². The van der Waals surface area contributed by atoms with Gasteiger partial charge in [0.1, 0.15) is 17.9 Å². The molecule has 1 aromatic heterocycles. The number of ether oxygens (including phenoxy) is 1. The highest BCUT2D eigenvalue weighted by atomic mass is 16.5. The van der Waals surface area contributed by atoms with Gasteiger partial charge in [-0.05, 0) is 12.8 Å². The Morgan fingerprint density at radius 3 is 2.76 bits per heavy atom. The second-order valence-electron chi connectivity index (χ2n) is 4.72. The molecule has 0 spiro atoms. The average molecular weight is 239 g/mol. The minimum absolute atomic E-state index is 0.0380. The minimum atomic E-state index is -0.0380. The molecule has 0 saturated carbocycles. The molecule has 0 radical (unpaired) electrons. The number of nitrogens with zero attached hydrogens (tertiary/aromatic N) is 3. The number of rotatable bonds is 7. The van der Waals surface area contributed by atoms with Crippen LogP contribution in [0.25, 0.3) is 0 Å². The molecule has 0 aliphatic heterocycles. The Morgan fingerprint density at radius 1 is 1.47 bits per heavy atom. The smallest absolute Gasteiger partial charge is 0.143 e. The number of Topliss-reactive ketones (excluding diaryl/α,β-unsaturated/α-hetero) is 1. The zero-order chi connectivity index (χ0) is 12.8. The van der Waals surface area contributed by atoms with E-state index in [1.54, 1.807) is 11.8 Å². The Bertz CT molecular complexity index is 360. The van der Waals surface area contributed by atoms with E-state index in [1.807, 2.05) is 6.92 Å². The highest BCUT2D eigenvalue weighted by Crippen LogP contribution is 2.05. The Kier molecular flexibility index (Phi) is 5.28. The van der Waals surface area contributed by atoms with Crippen molar-refractivity contribution in [1.82, 2.24) is 14.8 Å². The van der Waals surface area contributed by atoms with E-state index in [1.165, 1.54) is 6.33 Å². The van der Waals surface area contributed by atoms with Crippen molar-refractivity contribution in [3.63, 3.8) is 0 Å². The first-order chi connectivity index (χ1) is 8.02. The summed E-state index contributed by atoms with van der Waals surface area (Å²) in [7, 11) is 1.61. The van der Waals surface area contributed by atoms with Gasteiger partial charge < -0.3 is 4.74 Å². The quantitative estimate of drug-likeness (QED) is 0.723. The molecule has 0 N–H and O–H groups in total. The van der Waals surface area contributed by atoms with Crippen LogP contribution in [0.1, 0.15) is 33.0 Å². The minimum Gasteiger partial charge on any atom is -0.381 e. The number of carbonyl (C=O) groups excluding carboxylic acids is 1. The van der Waals surface area contributed by atoms with Crippen LogP contribution in [0.4, 0.5) is 0 Å². The molecule has 5 heteroatoms. The van der Waals surface area contributed by atoms with Crippen molar-refractivity contribution in [2.45, 2.75) is 46.3 Å². The average Bonchev–Trinajstić information content (AvgIpc) is 2.64. The van der Waals surface area contributed by atoms with Crippen LogP contribution in [0.3, 0.4) is 0 Å². The summed E-state index contributed by atoms with van der Waals surface area (Å²) in [5, 5.41) is 4.13. The third kappa shape index (κ3) is 4.65. The monoisotopic (exact) mass is 239 g/mol. The lowest BCUT2D eigenvalue weighted by molar-refractivity contribution is -0.120. The van der Waals surface area contributed by atoms with Crippen molar-refractivity contribution in [3.05, 3.63) is 12.2 Å². The highest BCUT2D eigenvalue weighted by Gasteiger charge is 2.13. The molecule has 1 atom stereocenters. The second kappa shape index (κ2) is 6.49. The molecule has 0 saturated heterocycles. The lowest BCUT2D eigenvalue weighted by Crippen LogP contribution is -2.18. The molecule has 0 amide bonds. The fraction of sp³-hybridized carbons (Fsp3) is 0.750. The van der Waals surface area contributed by atoms with E-state index >= 15 is 0 Å². The van der Waals surface area contributed by atoms with E-state index in [4.69, 9.17) is 4.74 Å².